The van der Waals surface area contributed by atoms with Crippen LogP contribution in [0.4, 0.5) is 0 Å². The summed E-state index contributed by atoms with van der Waals surface area (Å²) in [7, 11) is -3.62. The summed E-state index contributed by atoms with van der Waals surface area (Å²) in [4.78, 5) is 25.6. The van der Waals surface area contributed by atoms with Gasteiger partial charge in [0.2, 0.25) is 16.1 Å². The first kappa shape index (κ1) is 22.5. The maximum atomic E-state index is 13.0. The summed E-state index contributed by atoms with van der Waals surface area (Å²) in [6.45, 7) is 2.42. The van der Waals surface area contributed by atoms with Crippen LogP contribution in [0.25, 0.3) is 0 Å². The van der Waals surface area contributed by atoms with Gasteiger partial charge in [0.25, 0.3) is 5.91 Å². The Bertz CT molecular complexity index is 1070. The van der Waals surface area contributed by atoms with Gasteiger partial charge in [0.1, 0.15) is 0 Å². The second-order valence-corrected chi connectivity index (χ2v) is 10.4. The number of carbonyl (C=O) groups is 2. The second-order valence-electron chi connectivity index (χ2n) is 8.46. The molecule has 2 fully saturated rings. The van der Waals surface area contributed by atoms with Crippen molar-refractivity contribution >= 4 is 21.9 Å². The van der Waals surface area contributed by atoms with Crippen LogP contribution < -0.4 is 5.32 Å². The van der Waals surface area contributed by atoms with Gasteiger partial charge >= 0.3 is 5.97 Å². The van der Waals surface area contributed by atoms with Crippen molar-refractivity contribution in [2.45, 2.75) is 62.1 Å². The van der Waals surface area contributed by atoms with E-state index in [1.54, 1.807) is 24.3 Å². The van der Waals surface area contributed by atoms with Crippen LogP contribution in [-0.4, -0.2) is 43.2 Å². The molecule has 1 aliphatic carbocycles. The molecular weight excluding hydrogens is 428 g/mol. The van der Waals surface area contributed by atoms with Gasteiger partial charge < -0.3 is 10.1 Å². The SMILES string of the molecule is C[C@@H]1CCCCN1S(=O)(=O)c1ccc(C(=O)O[C@H](C(=O)NC2CC2)c2ccccc2)cc1. The van der Waals surface area contributed by atoms with Crippen LogP contribution in [0, 0.1) is 0 Å². The lowest BCUT2D eigenvalue weighted by molar-refractivity contribution is -0.130. The third kappa shape index (κ3) is 5.02. The zero-order chi connectivity index (χ0) is 22.7. The molecule has 0 unspecified atom stereocenters. The van der Waals surface area contributed by atoms with E-state index in [2.05, 4.69) is 5.32 Å². The molecule has 2 aromatic carbocycles. The van der Waals surface area contributed by atoms with Gasteiger partial charge in [0, 0.05) is 24.2 Å². The van der Waals surface area contributed by atoms with Crippen molar-refractivity contribution in [1.29, 1.82) is 0 Å². The number of amides is 1. The predicted octanol–water partition coefficient (Wildman–Crippen LogP) is 3.43. The Morgan fingerprint density at radius 1 is 1.00 bits per heavy atom. The summed E-state index contributed by atoms with van der Waals surface area (Å²) >= 11 is 0. The first-order valence-electron chi connectivity index (χ1n) is 11.0. The molecule has 2 atom stereocenters. The third-order valence-electron chi connectivity index (χ3n) is 5.93. The molecular formula is C24H28N2O5S. The van der Waals surface area contributed by atoms with Crippen LogP contribution in [-0.2, 0) is 19.6 Å². The standard InChI is InChI=1S/C24H28N2O5S/c1-17-7-5-6-16-26(17)32(29,30)21-14-10-19(11-15-21)24(28)31-22(18-8-3-2-4-9-18)23(27)25-20-12-13-20/h2-4,8-11,14-15,17,20,22H,5-7,12-13,16H2,1H3,(H,25,27)/t17-,22+/m1/s1. The fraction of sp³-hybridized carbons (Fsp3) is 0.417. The number of benzene rings is 2. The van der Waals surface area contributed by atoms with E-state index in [4.69, 9.17) is 4.74 Å². The van der Waals surface area contributed by atoms with Crippen molar-refractivity contribution in [3.8, 4) is 0 Å². The van der Waals surface area contributed by atoms with Gasteiger partial charge in [-0.2, -0.15) is 4.31 Å². The fourth-order valence-corrected chi connectivity index (χ4v) is 5.61. The van der Waals surface area contributed by atoms with Crippen molar-refractivity contribution < 1.29 is 22.7 Å². The number of nitrogens with one attached hydrogen (secondary N) is 1. The van der Waals surface area contributed by atoms with E-state index in [-0.39, 0.29) is 28.4 Å². The predicted molar refractivity (Wildman–Crippen MR) is 119 cm³/mol. The van der Waals surface area contributed by atoms with E-state index >= 15 is 0 Å². The largest absolute Gasteiger partial charge is 0.444 e. The Morgan fingerprint density at radius 3 is 2.31 bits per heavy atom. The molecule has 1 heterocycles. The van der Waals surface area contributed by atoms with Crippen molar-refractivity contribution in [2.75, 3.05) is 6.54 Å². The summed E-state index contributed by atoms with van der Waals surface area (Å²) in [5.74, 6) is -1.04. The van der Waals surface area contributed by atoms with Crippen LogP contribution in [0.2, 0.25) is 0 Å². The Kier molecular flexibility index (Phi) is 6.62. The Balaban J connectivity index is 1.50. The number of carbonyl (C=O) groups excluding carboxylic acids is 2. The lowest BCUT2D eigenvalue weighted by Gasteiger charge is -2.32. The molecule has 1 amide bonds. The number of rotatable bonds is 7. The molecule has 1 aliphatic heterocycles. The van der Waals surface area contributed by atoms with Gasteiger partial charge in [-0.15, -0.1) is 0 Å². The molecule has 1 N–H and O–H groups in total. The zero-order valence-electron chi connectivity index (χ0n) is 18.1. The Labute approximate surface area is 188 Å². The quantitative estimate of drug-likeness (QED) is 0.645. The lowest BCUT2D eigenvalue weighted by Crippen LogP contribution is -2.41. The molecule has 1 saturated heterocycles. The summed E-state index contributed by atoms with van der Waals surface area (Å²) in [5, 5.41) is 2.88. The number of hydrogen-bond donors (Lipinski definition) is 1. The molecule has 0 aromatic heterocycles. The summed E-state index contributed by atoms with van der Waals surface area (Å²) in [5.41, 5.74) is 0.771. The second kappa shape index (κ2) is 9.42. The number of hydrogen-bond acceptors (Lipinski definition) is 5. The van der Waals surface area contributed by atoms with Crippen molar-refractivity contribution in [2.24, 2.45) is 0 Å². The van der Waals surface area contributed by atoms with Crippen LogP contribution in [0.3, 0.4) is 0 Å². The zero-order valence-corrected chi connectivity index (χ0v) is 18.9. The number of esters is 1. The Hall–Kier alpha value is -2.71. The van der Waals surface area contributed by atoms with E-state index in [0.717, 1.165) is 32.1 Å². The average molecular weight is 457 g/mol. The van der Waals surface area contributed by atoms with Gasteiger partial charge in [0.05, 0.1) is 10.5 Å². The van der Waals surface area contributed by atoms with E-state index in [0.29, 0.717) is 12.1 Å². The average Bonchev–Trinajstić information content (AvgIpc) is 3.62. The summed E-state index contributed by atoms with van der Waals surface area (Å²) in [6.07, 6.45) is 3.49. The van der Waals surface area contributed by atoms with Gasteiger partial charge in [0.15, 0.2) is 0 Å². The van der Waals surface area contributed by atoms with Crippen LogP contribution >= 0.6 is 0 Å². The monoisotopic (exact) mass is 456 g/mol. The molecule has 8 heteroatoms. The van der Waals surface area contributed by atoms with E-state index in [9.17, 15) is 18.0 Å². The highest BCUT2D eigenvalue weighted by molar-refractivity contribution is 7.89. The number of nitrogens with zero attached hydrogens (tertiary/aromatic N) is 1. The van der Waals surface area contributed by atoms with Crippen LogP contribution in [0.5, 0.6) is 0 Å². The molecule has 32 heavy (non-hydrogen) atoms. The maximum absolute atomic E-state index is 13.0. The van der Waals surface area contributed by atoms with E-state index in [1.807, 2.05) is 13.0 Å². The molecule has 2 aromatic rings. The molecule has 0 bridgehead atoms. The molecule has 0 radical (unpaired) electrons. The highest BCUT2D eigenvalue weighted by Crippen LogP contribution is 2.27. The first-order chi connectivity index (χ1) is 15.4. The van der Waals surface area contributed by atoms with Gasteiger partial charge in [-0.3, -0.25) is 4.79 Å². The van der Waals surface area contributed by atoms with Gasteiger partial charge in [-0.25, -0.2) is 13.2 Å². The third-order valence-corrected chi connectivity index (χ3v) is 7.96. The lowest BCUT2D eigenvalue weighted by atomic mass is 10.1. The molecule has 2 aliphatic rings. The highest BCUT2D eigenvalue weighted by Gasteiger charge is 2.32. The molecule has 1 saturated carbocycles. The smallest absolute Gasteiger partial charge is 0.339 e. The number of piperidine rings is 1. The van der Waals surface area contributed by atoms with Crippen LogP contribution in [0.1, 0.15) is 61.1 Å². The molecule has 7 nitrogen and oxygen atoms in total. The number of ether oxygens (including phenoxy) is 1. The molecule has 0 spiro atoms. The minimum Gasteiger partial charge on any atom is -0.444 e. The van der Waals surface area contributed by atoms with Gasteiger partial charge in [-0.1, -0.05) is 36.8 Å². The number of sulfonamides is 1. The van der Waals surface area contributed by atoms with Gasteiger partial charge in [-0.05, 0) is 56.9 Å². The highest BCUT2D eigenvalue weighted by atomic mass is 32.2. The summed E-state index contributed by atoms with van der Waals surface area (Å²) in [6, 6.07) is 14.7. The van der Waals surface area contributed by atoms with Crippen molar-refractivity contribution in [3.63, 3.8) is 0 Å². The van der Waals surface area contributed by atoms with Crippen molar-refractivity contribution in [1.82, 2.24) is 9.62 Å². The van der Waals surface area contributed by atoms with E-state index in [1.165, 1.54) is 28.6 Å². The first-order valence-corrected chi connectivity index (χ1v) is 12.5. The topological polar surface area (TPSA) is 92.8 Å². The normalized spacial score (nSPS) is 20.3. The fourth-order valence-electron chi connectivity index (χ4n) is 3.91. The van der Waals surface area contributed by atoms with Crippen molar-refractivity contribution in [3.05, 3.63) is 65.7 Å². The minimum atomic E-state index is -3.62. The summed E-state index contributed by atoms with van der Waals surface area (Å²) < 4.78 is 33.1. The van der Waals surface area contributed by atoms with Crippen LogP contribution in [0.15, 0.2) is 59.5 Å². The maximum Gasteiger partial charge on any atom is 0.339 e. The Morgan fingerprint density at radius 2 is 1.69 bits per heavy atom. The molecule has 4 rings (SSSR count). The minimum absolute atomic E-state index is 0.0463. The van der Waals surface area contributed by atoms with E-state index < -0.39 is 22.1 Å². The molecule has 170 valence electrons.